The topological polar surface area (TPSA) is 69.6 Å². The minimum Gasteiger partial charge on any atom is -0.478 e. The molecule has 24 heavy (non-hydrogen) atoms. The lowest BCUT2D eigenvalue weighted by molar-refractivity contribution is 0.0592. The molecule has 0 bridgehead atoms. The number of para-hydroxylation sites is 1. The highest BCUT2D eigenvalue weighted by Gasteiger charge is 2.35. The molecule has 2 aromatic carbocycles. The molecule has 0 radical (unpaired) electrons. The van der Waals surface area contributed by atoms with Crippen LogP contribution < -0.4 is 5.32 Å². The number of carboxylic acids is 1. The normalized spacial score (nSPS) is 17.8. The number of aromatic carboxylic acids is 1. The number of hydrogen-bond acceptors (Lipinski definition) is 3. The molecule has 2 aromatic rings. The molecule has 5 nitrogen and oxygen atoms in total. The number of anilines is 1. The van der Waals surface area contributed by atoms with E-state index in [1.807, 2.05) is 43.0 Å². The Hall–Kier alpha value is -2.82. The zero-order chi connectivity index (χ0) is 17.3. The number of hydrogen-bond donors (Lipinski definition) is 2. The molecule has 0 aliphatic carbocycles. The fourth-order valence-corrected chi connectivity index (χ4v) is 2.97. The van der Waals surface area contributed by atoms with E-state index in [4.69, 9.17) is 5.11 Å². The highest BCUT2D eigenvalue weighted by Crippen LogP contribution is 2.35. The first-order valence-corrected chi connectivity index (χ1v) is 8.04. The van der Waals surface area contributed by atoms with Gasteiger partial charge in [0.1, 0.15) is 6.17 Å². The lowest BCUT2D eigenvalue weighted by Crippen LogP contribution is -2.47. The Kier molecular flexibility index (Phi) is 4.25. The summed E-state index contributed by atoms with van der Waals surface area (Å²) in [6, 6.07) is 14.2. The van der Waals surface area contributed by atoms with Crippen LogP contribution in [0.4, 0.5) is 5.69 Å². The van der Waals surface area contributed by atoms with Gasteiger partial charge >= 0.3 is 5.97 Å². The molecule has 0 fully saturated rings. The van der Waals surface area contributed by atoms with Crippen molar-refractivity contribution >= 4 is 17.6 Å². The Bertz CT molecular complexity index is 770. The number of carbonyl (C=O) groups excluding carboxylic acids is 1. The first kappa shape index (κ1) is 16.1. The van der Waals surface area contributed by atoms with Gasteiger partial charge in [0, 0.05) is 11.7 Å². The minimum atomic E-state index is -0.960. The van der Waals surface area contributed by atoms with E-state index in [2.05, 4.69) is 5.32 Å². The smallest absolute Gasteiger partial charge is 0.335 e. The number of nitrogens with one attached hydrogen (secondary N) is 1. The maximum atomic E-state index is 13.0. The first-order valence-electron chi connectivity index (χ1n) is 8.04. The number of nitrogens with zero attached hydrogens (tertiary/aromatic N) is 1. The van der Waals surface area contributed by atoms with E-state index in [-0.39, 0.29) is 23.7 Å². The monoisotopic (exact) mass is 324 g/mol. The van der Waals surface area contributed by atoms with E-state index in [0.29, 0.717) is 5.56 Å². The lowest BCUT2D eigenvalue weighted by Gasteiger charge is -2.41. The van der Waals surface area contributed by atoms with Gasteiger partial charge in [-0.15, -0.1) is 0 Å². The van der Waals surface area contributed by atoms with Gasteiger partial charge < -0.3 is 15.3 Å². The molecule has 0 saturated heterocycles. The van der Waals surface area contributed by atoms with E-state index < -0.39 is 5.97 Å². The van der Waals surface area contributed by atoms with Crippen LogP contribution in [0.15, 0.2) is 48.5 Å². The molecular formula is C19H20N2O3. The summed E-state index contributed by atoms with van der Waals surface area (Å²) in [5.74, 6) is -0.968. The summed E-state index contributed by atoms with van der Waals surface area (Å²) in [5, 5.41) is 12.5. The summed E-state index contributed by atoms with van der Waals surface area (Å²) in [6.45, 7) is 4.06. The van der Waals surface area contributed by atoms with Crippen molar-refractivity contribution in [2.75, 3.05) is 5.32 Å². The van der Waals surface area contributed by atoms with E-state index in [1.54, 1.807) is 24.3 Å². The van der Waals surface area contributed by atoms with E-state index in [1.165, 1.54) is 0 Å². The maximum absolute atomic E-state index is 13.0. The standard InChI is InChI=1S/C19H20N2O3/c1-3-12(2)21-17(13-8-10-14(11-9-13)19(23)24)20-16-7-5-4-6-15(16)18(21)22/h4-12,17,20H,3H2,1-2H3,(H,23,24)/t12-,17-/m0/s1. The van der Waals surface area contributed by atoms with Gasteiger partial charge in [0.2, 0.25) is 0 Å². The Morgan fingerprint density at radius 2 is 1.88 bits per heavy atom. The largest absolute Gasteiger partial charge is 0.478 e. The van der Waals surface area contributed by atoms with Crippen LogP contribution in [0.1, 0.15) is 52.7 Å². The third-order valence-electron chi connectivity index (χ3n) is 4.50. The third-order valence-corrected chi connectivity index (χ3v) is 4.50. The van der Waals surface area contributed by atoms with E-state index in [9.17, 15) is 9.59 Å². The predicted molar refractivity (Wildman–Crippen MR) is 92.1 cm³/mol. The van der Waals surface area contributed by atoms with Crippen molar-refractivity contribution in [2.45, 2.75) is 32.5 Å². The molecule has 2 atom stereocenters. The van der Waals surface area contributed by atoms with Crippen molar-refractivity contribution in [3.8, 4) is 0 Å². The zero-order valence-electron chi connectivity index (χ0n) is 13.7. The molecule has 3 rings (SSSR count). The van der Waals surface area contributed by atoms with Crippen LogP contribution in [0.3, 0.4) is 0 Å². The van der Waals surface area contributed by atoms with Crippen molar-refractivity contribution in [3.05, 3.63) is 65.2 Å². The van der Waals surface area contributed by atoms with Crippen LogP contribution in [0.2, 0.25) is 0 Å². The van der Waals surface area contributed by atoms with E-state index >= 15 is 0 Å². The van der Waals surface area contributed by atoms with Crippen molar-refractivity contribution < 1.29 is 14.7 Å². The summed E-state index contributed by atoms with van der Waals surface area (Å²) < 4.78 is 0. The fourth-order valence-electron chi connectivity index (χ4n) is 2.97. The molecule has 1 aliphatic rings. The van der Waals surface area contributed by atoms with Gasteiger partial charge in [0.05, 0.1) is 11.1 Å². The lowest BCUT2D eigenvalue weighted by atomic mass is 10.00. The highest BCUT2D eigenvalue weighted by atomic mass is 16.4. The van der Waals surface area contributed by atoms with Crippen molar-refractivity contribution in [3.63, 3.8) is 0 Å². The fraction of sp³-hybridized carbons (Fsp3) is 0.263. The maximum Gasteiger partial charge on any atom is 0.335 e. The average molecular weight is 324 g/mol. The Morgan fingerprint density at radius 1 is 1.21 bits per heavy atom. The van der Waals surface area contributed by atoms with Crippen molar-refractivity contribution in [1.29, 1.82) is 0 Å². The first-order chi connectivity index (χ1) is 11.5. The van der Waals surface area contributed by atoms with Crippen LogP contribution in [-0.2, 0) is 0 Å². The van der Waals surface area contributed by atoms with Crippen molar-refractivity contribution in [1.82, 2.24) is 4.90 Å². The van der Waals surface area contributed by atoms with Crippen LogP contribution in [0.25, 0.3) is 0 Å². The Balaban J connectivity index is 2.03. The molecule has 1 heterocycles. The molecule has 2 N–H and O–H groups in total. The van der Waals surface area contributed by atoms with Crippen molar-refractivity contribution in [2.24, 2.45) is 0 Å². The predicted octanol–water partition coefficient (Wildman–Crippen LogP) is 3.75. The summed E-state index contributed by atoms with van der Waals surface area (Å²) in [4.78, 5) is 25.8. The molecule has 0 saturated carbocycles. The number of carboxylic acid groups (broad SMARTS) is 1. The summed E-state index contributed by atoms with van der Waals surface area (Å²) in [5.41, 5.74) is 2.56. The van der Waals surface area contributed by atoms with Gasteiger partial charge in [-0.3, -0.25) is 4.79 Å². The number of fused-ring (bicyclic) bond motifs is 1. The summed E-state index contributed by atoms with van der Waals surface area (Å²) in [6.07, 6.45) is 0.518. The molecule has 5 heteroatoms. The second kappa shape index (κ2) is 6.35. The SMILES string of the molecule is CC[C@H](C)N1C(=O)c2ccccc2N[C@@H]1c1ccc(C(=O)O)cc1. The third kappa shape index (κ3) is 2.73. The number of benzene rings is 2. The molecule has 0 unspecified atom stereocenters. The van der Waals surface area contributed by atoms with Crippen LogP contribution in [0, 0.1) is 0 Å². The van der Waals surface area contributed by atoms with Gasteiger partial charge in [0.25, 0.3) is 5.91 Å². The molecule has 1 amide bonds. The van der Waals surface area contributed by atoms with Gasteiger partial charge in [-0.25, -0.2) is 4.79 Å². The second-order valence-corrected chi connectivity index (χ2v) is 5.99. The van der Waals surface area contributed by atoms with Gasteiger partial charge in [0.15, 0.2) is 0 Å². The van der Waals surface area contributed by atoms with Gasteiger partial charge in [-0.2, -0.15) is 0 Å². The minimum absolute atomic E-state index is 0.00832. The average Bonchev–Trinajstić information content (AvgIpc) is 2.61. The molecule has 124 valence electrons. The number of amides is 1. The Labute approximate surface area is 140 Å². The Morgan fingerprint density at radius 3 is 2.50 bits per heavy atom. The molecular weight excluding hydrogens is 304 g/mol. The number of rotatable bonds is 4. The van der Waals surface area contributed by atoms with Gasteiger partial charge in [-0.05, 0) is 43.2 Å². The van der Waals surface area contributed by atoms with Crippen LogP contribution >= 0.6 is 0 Å². The number of carbonyl (C=O) groups is 2. The summed E-state index contributed by atoms with van der Waals surface area (Å²) >= 11 is 0. The second-order valence-electron chi connectivity index (χ2n) is 5.99. The van der Waals surface area contributed by atoms with Crippen LogP contribution in [0.5, 0.6) is 0 Å². The van der Waals surface area contributed by atoms with Crippen LogP contribution in [-0.4, -0.2) is 27.9 Å². The van der Waals surface area contributed by atoms with Gasteiger partial charge in [-0.1, -0.05) is 31.2 Å². The van der Waals surface area contributed by atoms with E-state index in [0.717, 1.165) is 17.7 Å². The summed E-state index contributed by atoms with van der Waals surface area (Å²) in [7, 11) is 0. The molecule has 1 aliphatic heterocycles. The highest BCUT2D eigenvalue weighted by molar-refractivity contribution is 6.02. The quantitative estimate of drug-likeness (QED) is 0.898. The molecule has 0 aromatic heterocycles. The zero-order valence-corrected chi connectivity index (χ0v) is 13.7. The molecule has 0 spiro atoms.